The normalized spacial score (nSPS) is 16.5. The summed E-state index contributed by atoms with van der Waals surface area (Å²) < 4.78 is 2.43. The van der Waals surface area contributed by atoms with Crippen LogP contribution in [0.25, 0.3) is 28.6 Å². The molecule has 1 saturated heterocycles. The van der Waals surface area contributed by atoms with Crippen LogP contribution in [-0.4, -0.2) is 40.4 Å². The first-order chi connectivity index (χ1) is 19.2. The molecule has 3 nitrogen and oxygen atoms in total. The van der Waals surface area contributed by atoms with E-state index in [1.165, 1.54) is 69.3 Å². The Kier molecular flexibility index (Phi) is 8.14. The van der Waals surface area contributed by atoms with Crippen molar-refractivity contribution in [2.45, 2.75) is 72.4 Å². The van der Waals surface area contributed by atoms with E-state index in [4.69, 9.17) is 4.99 Å². The summed E-state index contributed by atoms with van der Waals surface area (Å²) in [7, 11) is 0. The molecule has 3 aromatic rings. The van der Waals surface area contributed by atoms with Crippen molar-refractivity contribution < 1.29 is 0 Å². The van der Waals surface area contributed by atoms with Gasteiger partial charge in [0, 0.05) is 40.0 Å². The number of aryl methyl sites for hydroxylation is 2. The van der Waals surface area contributed by atoms with Crippen LogP contribution in [0, 0.1) is 6.92 Å². The number of allylic oxidation sites excluding steroid dienone is 2. The fourth-order valence-electron chi connectivity index (χ4n) is 6.30. The van der Waals surface area contributed by atoms with Crippen LogP contribution in [0.5, 0.6) is 0 Å². The van der Waals surface area contributed by atoms with Crippen LogP contribution in [0.1, 0.15) is 81.3 Å². The van der Waals surface area contributed by atoms with Gasteiger partial charge in [-0.15, -0.1) is 0 Å². The first kappa shape index (κ1) is 28.1. The lowest BCUT2D eigenvalue weighted by Crippen LogP contribution is -2.48. The number of piperidine rings is 1. The molecule has 1 aliphatic heterocycles. The summed E-state index contributed by atoms with van der Waals surface area (Å²) in [5.74, 6) is 0. The van der Waals surface area contributed by atoms with Gasteiger partial charge in [0.2, 0.25) is 0 Å². The van der Waals surface area contributed by atoms with Gasteiger partial charge in [-0.05, 0) is 125 Å². The van der Waals surface area contributed by atoms with Crippen molar-refractivity contribution in [1.29, 1.82) is 0 Å². The summed E-state index contributed by atoms with van der Waals surface area (Å²) in [6, 6.07) is 15.3. The first-order valence-corrected chi connectivity index (χ1v) is 15.0. The van der Waals surface area contributed by atoms with Gasteiger partial charge in [-0.3, -0.25) is 9.89 Å². The predicted octanol–water partition coefficient (Wildman–Crippen LogP) is 9.11. The van der Waals surface area contributed by atoms with Crippen molar-refractivity contribution in [2.75, 3.05) is 19.6 Å². The van der Waals surface area contributed by atoms with Crippen molar-refractivity contribution in [3.8, 4) is 0 Å². The van der Waals surface area contributed by atoms with E-state index in [0.29, 0.717) is 6.54 Å². The molecule has 208 valence electrons. The van der Waals surface area contributed by atoms with E-state index in [2.05, 4.69) is 118 Å². The monoisotopic (exact) mass is 531 g/mol. The second kappa shape index (κ2) is 11.6. The Labute approximate surface area is 241 Å². The quantitative estimate of drug-likeness (QED) is 0.210. The van der Waals surface area contributed by atoms with Crippen LogP contribution < -0.4 is 0 Å². The van der Waals surface area contributed by atoms with E-state index in [-0.39, 0.29) is 5.54 Å². The molecular weight excluding hydrogens is 486 g/mol. The van der Waals surface area contributed by atoms with Gasteiger partial charge in [0.25, 0.3) is 0 Å². The number of likely N-dealkylation sites (tertiary alicyclic amines) is 1. The maximum atomic E-state index is 5.09. The maximum absolute atomic E-state index is 5.09. The number of hydrogen-bond acceptors (Lipinski definition) is 2. The molecule has 40 heavy (non-hydrogen) atoms. The first-order valence-electron chi connectivity index (χ1n) is 15.0. The number of aromatic nitrogens is 1. The fourth-order valence-corrected chi connectivity index (χ4v) is 6.30. The fraction of sp³-hybridized carbons (Fsp3) is 0.378. The van der Waals surface area contributed by atoms with Crippen LogP contribution in [-0.2, 0) is 6.54 Å². The van der Waals surface area contributed by atoms with Gasteiger partial charge in [0.15, 0.2) is 0 Å². The van der Waals surface area contributed by atoms with Crippen LogP contribution in [0.3, 0.4) is 0 Å². The van der Waals surface area contributed by atoms with E-state index >= 15 is 0 Å². The number of aliphatic imine (C=N–C) groups is 1. The summed E-state index contributed by atoms with van der Waals surface area (Å²) in [5.41, 5.74) is 12.1. The van der Waals surface area contributed by atoms with Crippen molar-refractivity contribution in [3.05, 3.63) is 101 Å². The summed E-state index contributed by atoms with van der Waals surface area (Å²) >= 11 is 0. The topological polar surface area (TPSA) is 20.5 Å². The number of nitrogens with zero attached hydrogens (tertiary/aromatic N) is 3. The number of benzene rings is 2. The third-order valence-electron chi connectivity index (χ3n) is 9.19. The molecule has 0 amide bonds. The Morgan fingerprint density at radius 3 is 2.50 bits per heavy atom. The molecule has 0 atom stereocenters. The molecule has 2 aromatic carbocycles. The third-order valence-corrected chi connectivity index (χ3v) is 9.19. The minimum atomic E-state index is -0.0282. The van der Waals surface area contributed by atoms with Gasteiger partial charge in [0.05, 0.1) is 6.54 Å². The van der Waals surface area contributed by atoms with Crippen molar-refractivity contribution in [1.82, 2.24) is 9.47 Å². The van der Waals surface area contributed by atoms with E-state index in [9.17, 15) is 0 Å². The summed E-state index contributed by atoms with van der Waals surface area (Å²) in [5, 5.41) is 1.27. The lowest BCUT2D eigenvalue weighted by molar-refractivity contribution is 0.123. The Morgan fingerprint density at radius 2 is 1.77 bits per heavy atom. The molecule has 0 radical (unpaired) electrons. The minimum Gasteiger partial charge on any atom is -0.341 e. The zero-order valence-electron chi connectivity index (χ0n) is 25.2. The second-order valence-electron chi connectivity index (χ2n) is 12.0. The van der Waals surface area contributed by atoms with E-state index < -0.39 is 0 Å². The highest BCUT2D eigenvalue weighted by atomic mass is 15.2. The average molecular weight is 532 g/mol. The van der Waals surface area contributed by atoms with Gasteiger partial charge < -0.3 is 4.57 Å². The molecule has 0 N–H and O–H groups in total. The van der Waals surface area contributed by atoms with Gasteiger partial charge in [-0.25, -0.2) is 0 Å². The van der Waals surface area contributed by atoms with E-state index in [0.717, 1.165) is 37.3 Å². The molecule has 0 spiro atoms. The molecule has 1 aromatic heterocycles. The number of fused-ring (bicyclic) bond motifs is 3. The molecule has 2 aliphatic rings. The zero-order chi connectivity index (χ0) is 28.4. The molecule has 0 bridgehead atoms. The van der Waals surface area contributed by atoms with Crippen LogP contribution in [0.4, 0.5) is 0 Å². The Hall–Kier alpha value is -3.43. The largest absolute Gasteiger partial charge is 0.341 e. The minimum absolute atomic E-state index is 0.0282. The Balaban J connectivity index is 1.48. The van der Waals surface area contributed by atoms with Crippen molar-refractivity contribution in [2.24, 2.45) is 4.99 Å². The Morgan fingerprint density at radius 1 is 1.02 bits per heavy atom. The summed E-state index contributed by atoms with van der Waals surface area (Å²) in [6.45, 7) is 24.1. The highest BCUT2D eigenvalue weighted by molar-refractivity contribution is 6.06. The molecule has 0 unspecified atom stereocenters. The van der Waals surface area contributed by atoms with Crippen LogP contribution in [0.2, 0.25) is 0 Å². The molecule has 2 heterocycles. The van der Waals surface area contributed by atoms with Crippen LogP contribution >= 0.6 is 0 Å². The predicted molar refractivity (Wildman–Crippen MR) is 175 cm³/mol. The van der Waals surface area contributed by atoms with Crippen LogP contribution in [0.15, 0.2) is 77.8 Å². The van der Waals surface area contributed by atoms with E-state index in [1.807, 2.05) is 0 Å². The molecule has 0 saturated carbocycles. The molecule has 1 aliphatic carbocycles. The molecular formula is C37H45N3. The smallest absolute Gasteiger partial charge is 0.0617 e. The standard InChI is InChI=1S/C37H45N3/c1-8-40-35-18-14-16-31(29(5)38-25-27(3)37(6,7)39-21-12-9-13-22-39)24-34(35)33-23-30(19-20-36(33)40)28(4)32-17-11-10-15-26(32)2/h10-11,14-15,17-20,23-24H,3-4,8-9,12-13,16,21-22,25H2,1-2,5-7H3/b38-29+. The maximum Gasteiger partial charge on any atom is 0.0617 e. The van der Waals surface area contributed by atoms with Gasteiger partial charge in [-0.1, -0.05) is 56.0 Å². The number of hydrogen-bond donors (Lipinski definition) is 0. The highest BCUT2D eigenvalue weighted by Gasteiger charge is 2.30. The molecule has 5 rings (SSSR count). The number of rotatable bonds is 8. The molecule has 3 heteroatoms. The summed E-state index contributed by atoms with van der Waals surface area (Å²) in [6.07, 6.45) is 11.8. The zero-order valence-corrected chi connectivity index (χ0v) is 25.2. The second-order valence-corrected chi connectivity index (χ2v) is 12.0. The lowest BCUT2D eigenvalue weighted by Gasteiger charge is -2.42. The van der Waals surface area contributed by atoms with Gasteiger partial charge in [-0.2, -0.15) is 0 Å². The Bertz CT molecular complexity index is 1530. The highest BCUT2D eigenvalue weighted by Crippen LogP contribution is 2.35. The van der Waals surface area contributed by atoms with Crippen molar-refractivity contribution in [3.63, 3.8) is 0 Å². The third kappa shape index (κ3) is 5.32. The van der Waals surface area contributed by atoms with Gasteiger partial charge in [0.1, 0.15) is 0 Å². The SMILES string of the molecule is C=C(c1ccc2c(c1)c1c(n2CC)C=CCC(/C(C)=N/CC(=C)C(C)(C)N2CCCCC2)=C1)c1ccccc1C. The summed E-state index contributed by atoms with van der Waals surface area (Å²) in [4.78, 5) is 7.68. The van der Waals surface area contributed by atoms with Gasteiger partial charge >= 0.3 is 0 Å². The average Bonchev–Trinajstić information content (AvgIpc) is 3.10. The van der Waals surface area contributed by atoms with Crippen molar-refractivity contribution >= 4 is 34.3 Å². The lowest BCUT2D eigenvalue weighted by atomic mass is 9.90. The van der Waals surface area contributed by atoms with E-state index in [1.54, 1.807) is 0 Å². The molecule has 1 fully saturated rings.